The molecule has 1 aliphatic rings. The maximum atomic E-state index is 3.49. The summed E-state index contributed by atoms with van der Waals surface area (Å²) in [6, 6.07) is 4.25. The molecule has 0 saturated carbocycles. The lowest BCUT2D eigenvalue weighted by Crippen LogP contribution is -1.63. The highest BCUT2D eigenvalue weighted by Crippen LogP contribution is 2.56. The van der Waals surface area contributed by atoms with Crippen LogP contribution in [0.4, 0.5) is 0 Å². The third-order valence-electron chi connectivity index (χ3n) is 1.78. The molecule has 0 amide bonds. The highest BCUT2D eigenvalue weighted by atomic mass is 79.9. The molecule has 0 bridgehead atoms. The molecule has 0 aromatic carbocycles. The van der Waals surface area contributed by atoms with E-state index in [4.69, 9.17) is 0 Å². The van der Waals surface area contributed by atoms with Crippen molar-refractivity contribution in [1.82, 2.24) is 0 Å². The topological polar surface area (TPSA) is 0 Å². The second-order valence-electron chi connectivity index (χ2n) is 2.79. The zero-order chi connectivity index (χ0) is 11.5. The average Bonchev–Trinajstić information content (AvgIpc) is 2.85. The maximum absolute atomic E-state index is 3.49. The molecule has 6 heteroatoms. The molecule has 1 aromatic rings. The van der Waals surface area contributed by atoms with E-state index in [-0.39, 0.29) is 0 Å². The van der Waals surface area contributed by atoms with Crippen molar-refractivity contribution in [2.24, 2.45) is 0 Å². The molecule has 1 aliphatic heterocycles. The number of thiophene rings is 1. The molecule has 0 aliphatic carbocycles. The maximum Gasteiger partial charge on any atom is 0.0704 e. The lowest BCUT2D eigenvalue weighted by molar-refractivity contribution is 1.92. The molecule has 0 nitrogen and oxygen atoms in total. The summed E-state index contributed by atoms with van der Waals surface area (Å²) >= 11 is 12.7. The molecule has 2 heterocycles. The highest BCUT2D eigenvalue weighted by molar-refractivity contribution is 9.11. The SMILES string of the molecule is CSC1=C(SC)SC(=Cc2ccc(Br)s2)S1. The van der Waals surface area contributed by atoms with Crippen LogP contribution in [0.15, 0.2) is 28.6 Å². The number of hydrogen-bond donors (Lipinski definition) is 0. The number of hydrogen-bond acceptors (Lipinski definition) is 5. The Bertz CT molecular complexity index is 428. The summed E-state index contributed by atoms with van der Waals surface area (Å²) in [6.07, 6.45) is 6.55. The molecule has 0 saturated heterocycles. The Morgan fingerprint density at radius 1 is 1.12 bits per heavy atom. The fourth-order valence-corrected chi connectivity index (χ4v) is 7.56. The van der Waals surface area contributed by atoms with Crippen LogP contribution in [0.3, 0.4) is 0 Å². The second-order valence-corrected chi connectivity index (χ2v) is 9.80. The van der Waals surface area contributed by atoms with Gasteiger partial charge in [0, 0.05) is 4.88 Å². The molecule has 1 aromatic heterocycles. The Morgan fingerprint density at radius 3 is 2.19 bits per heavy atom. The van der Waals surface area contributed by atoms with Crippen molar-refractivity contribution in [3.63, 3.8) is 0 Å². The number of rotatable bonds is 3. The van der Waals surface area contributed by atoms with Gasteiger partial charge in [0.05, 0.1) is 16.5 Å². The predicted octanol–water partition coefficient (Wildman–Crippen LogP) is 6.14. The van der Waals surface area contributed by atoms with Crippen LogP contribution in [0.2, 0.25) is 0 Å². The van der Waals surface area contributed by atoms with Gasteiger partial charge in [0.1, 0.15) is 0 Å². The van der Waals surface area contributed by atoms with Crippen molar-refractivity contribution in [1.29, 1.82) is 0 Å². The van der Waals surface area contributed by atoms with E-state index in [0.717, 1.165) is 0 Å². The predicted molar refractivity (Wildman–Crippen MR) is 89.2 cm³/mol. The Balaban J connectivity index is 2.13. The fraction of sp³-hybridized carbons (Fsp3) is 0.200. The zero-order valence-electron chi connectivity index (χ0n) is 8.65. The van der Waals surface area contributed by atoms with Crippen molar-refractivity contribution >= 4 is 80.4 Å². The van der Waals surface area contributed by atoms with E-state index < -0.39 is 0 Å². The third kappa shape index (κ3) is 3.29. The van der Waals surface area contributed by atoms with E-state index in [2.05, 4.69) is 46.7 Å². The first-order chi connectivity index (χ1) is 7.72. The fourth-order valence-electron chi connectivity index (χ4n) is 1.12. The van der Waals surface area contributed by atoms with Crippen molar-refractivity contribution in [2.45, 2.75) is 0 Å². The van der Waals surface area contributed by atoms with Crippen LogP contribution >= 0.6 is 74.3 Å². The van der Waals surface area contributed by atoms with E-state index in [0.29, 0.717) is 0 Å². The van der Waals surface area contributed by atoms with Gasteiger partial charge in [0.15, 0.2) is 0 Å². The van der Waals surface area contributed by atoms with Gasteiger partial charge >= 0.3 is 0 Å². The summed E-state index contributed by atoms with van der Waals surface area (Å²) in [4.78, 5) is 1.31. The van der Waals surface area contributed by atoms with Crippen LogP contribution in [0.5, 0.6) is 0 Å². The van der Waals surface area contributed by atoms with Crippen molar-refractivity contribution < 1.29 is 0 Å². The molecule has 86 valence electrons. The second kappa shape index (κ2) is 6.29. The molecule has 0 radical (unpaired) electrons. The standard InChI is InChI=1S/C10H9BrS5/c1-12-9-10(13-2)16-8(15-9)5-6-3-4-7(11)14-6/h3-5H,1-2H3. The van der Waals surface area contributed by atoms with Crippen LogP contribution in [-0.2, 0) is 0 Å². The smallest absolute Gasteiger partial charge is 0.0704 e. The summed E-state index contributed by atoms with van der Waals surface area (Å²) in [5, 5.41) is 0. The summed E-state index contributed by atoms with van der Waals surface area (Å²) in [7, 11) is 0. The minimum absolute atomic E-state index is 1.19. The Morgan fingerprint density at radius 2 is 1.75 bits per heavy atom. The van der Waals surface area contributed by atoms with E-state index in [9.17, 15) is 0 Å². The first-order valence-corrected chi connectivity index (χ1v) is 10.1. The number of thioether (sulfide) groups is 4. The summed E-state index contributed by atoms with van der Waals surface area (Å²) < 4.78 is 5.43. The Kier molecular flexibility index (Phi) is 5.31. The average molecular weight is 369 g/mol. The molecule has 0 fully saturated rings. The normalized spacial score (nSPS) is 16.1. The van der Waals surface area contributed by atoms with Crippen LogP contribution < -0.4 is 0 Å². The van der Waals surface area contributed by atoms with Gasteiger partial charge in [-0.25, -0.2) is 0 Å². The van der Waals surface area contributed by atoms with Crippen LogP contribution in [0.25, 0.3) is 6.08 Å². The molecular formula is C10H9BrS5. The molecule has 0 unspecified atom stereocenters. The zero-order valence-corrected chi connectivity index (χ0v) is 14.3. The van der Waals surface area contributed by atoms with Crippen molar-refractivity contribution in [3.05, 3.63) is 33.5 Å². The lowest BCUT2D eigenvalue weighted by Gasteiger charge is -1.94. The van der Waals surface area contributed by atoms with Gasteiger partial charge in [0.2, 0.25) is 0 Å². The molecular weight excluding hydrogens is 360 g/mol. The summed E-state index contributed by atoms with van der Waals surface area (Å²) in [6.45, 7) is 0. The van der Waals surface area contributed by atoms with Crippen molar-refractivity contribution in [3.8, 4) is 0 Å². The summed E-state index contributed by atoms with van der Waals surface area (Å²) in [5.41, 5.74) is 0. The first kappa shape index (κ1) is 13.5. The third-order valence-corrected chi connectivity index (χ3v) is 8.43. The van der Waals surface area contributed by atoms with E-state index >= 15 is 0 Å². The van der Waals surface area contributed by atoms with E-state index in [1.54, 1.807) is 11.3 Å². The van der Waals surface area contributed by atoms with Gasteiger partial charge in [-0.1, -0.05) is 23.5 Å². The van der Waals surface area contributed by atoms with Gasteiger partial charge in [-0.15, -0.1) is 34.9 Å². The van der Waals surface area contributed by atoms with Gasteiger partial charge in [-0.3, -0.25) is 0 Å². The monoisotopic (exact) mass is 368 g/mol. The lowest BCUT2D eigenvalue weighted by atomic mass is 10.5. The first-order valence-electron chi connectivity index (χ1n) is 4.38. The minimum Gasteiger partial charge on any atom is -0.129 e. The summed E-state index contributed by atoms with van der Waals surface area (Å²) in [5.74, 6) is 0. The highest BCUT2D eigenvalue weighted by Gasteiger charge is 2.19. The van der Waals surface area contributed by atoms with Gasteiger partial charge in [-0.2, -0.15) is 0 Å². The Labute approximate surface area is 125 Å². The van der Waals surface area contributed by atoms with E-state index in [1.165, 1.54) is 21.4 Å². The van der Waals surface area contributed by atoms with Crippen LogP contribution in [0, 0.1) is 0 Å². The van der Waals surface area contributed by atoms with Crippen LogP contribution in [-0.4, -0.2) is 12.5 Å². The van der Waals surface area contributed by atoms with Gasteiger partial charge in [0.25, 0.3) is 0 Å². The largest absolute Gasteiger partial charge is 0.129 e. The molecule has 0 spiro atoms. The number of halogens is 1. The van der Waals surface area contributed by atoms with E-state index in [1.807, 2.05) is 47.0 Å². The van der Waals surface area contributed by atoms with Crippen molar-refractivity contribution in [2.75, 3.05) is 12.5 Å². The molecule has 16 heavy (non-hydrogen) atoms. The molecule has 0 atom stereocenters. The van der Waals surface area contributed by atoms with Gasteiger partial charge in [-0.05, 0) is 46.7 Å². The molecule has 2 rings (SSSR count). The van der Waals surface area contributed by atoms with Crippen LogP contribution in [0.1, 0.15) is 4.88 Å². The quantitative estimate of drug-likeness (QED) is 0.627. The molecule has 0 N–H and O–H groups in total. The minimum atomic E-state index is 1.19. The van der Waals surface area contributed by atoms with Gasteiger partial charge < -0.3 is 0 Å². The Hall–Kier alpha value is 1.06.